The molecule has 86 valence electrons. The molecule has 1 unspecified atom stereocenters. The van der Waals surface area contributed by atoms with E-state index >= 15 is 0 Å². The lowest BCUT2D eigenvalue weighted by atomic mass is 10.0. The van der Waals surface area contributed by atoms with Gasteiger partial charge in [-0.15, -0.1) is 0 Å². The second kappa shape index (κ2) is 4.97. The number of hydrogen-bond acceptors (Lipinski definition) is 3. The minimum atomic E-state index is -0.127. The molecule has 0 bridgehead atoms. The van der Waals surface area contributed by atoms with Crippen LogP contribution in [0.3, 0.4) is 0 Å². The van der Waals surface area contributed by atoms with E-state index < -0.39 is 0 Å². The molecule has 1 fully saturated rings. The number of carbonyl (C=O) groups excluding carboxylic acids is 1. The predicted octanol–water partition coefficient (Wildman–Crippen LogP) is 2.20. The Hall–Kier alpha value is -0.870. The summed E-state index contributed by atoms with van der Waals surface area (Å²) in [5.74, 6) is -0.127. The van der Waals surface area contributed by atoms with Crippen LogP contribution in [-0.2, 0) is 16.1 Å². The van der Waals surface area contributed by atoms with Gasteiger partial charge >= 0.3 is 5.97 Å². The van der Waals surface area contributed by atoms with Crippen LogP contribution >= 0.6 is 15.9 Å². The Morgan fingerprint density at radius 2 is 2.31 bits per heavy atom. The van der Waals surface area contributed by atoms with Gasteiger partial charge in [-0.25, -0.2) is 0 Å². The summed E-state index contributed by atoms with van der Waals surface area (Å²) in [7, 11) is 1.44. The van der Waals surface area contributed by atoms with Crippen molar-refractivity contribution < 1.29 is 9.53 Å². The van der Waals surface area contributed by atoms with Gasteiger partial charge in [0.15, 0.2) is 0 Å². The molecule has 0 amide bonds. The number of benzene rings is 1. The highest BCUT2D eigenvalue weighted by Gasteiger charge is 2.34. The quantitative estimate of drug-likeness (QED) is 0.797. The van der Waals surface area contributed by atoms with E-state index in [1.54, 1.807) is 0 Å². The molecular formula is C12H14BrNO2. The van der Waals surface area contributed by atoms with Crippen molar-refractivity contribution in [1.29, 1.82) is 0 Å². The molecule has 0 aliphatic carbocycles. The Morgan fingerprint density at radius 1 is 1.56 bits per heavy atom. The van der Waals surface area contributed by atoms with Crippen LogP contribution in [0.25, 0.3) is 0 Å². The van der Waals surface area contributed by atoms with Gasteiger partial charge in [-0.3, -0.25) is 9.69 Å². The van der Waals surface area contributed by atoms with E-state index in [0.717, 1.165) is 24.0 Å². The maximum absolute atomic E-state index is 11.4. The molecule has 1 atom stereocenters. The number of hydrogen-bond donors (Lipinski definition) is 0. The van der Waals surface area contributed by atoms with E-state index in [1.807, 2.05) is 18.2 Å². The highest BCUT2D eigenvalue weighted by Crippen LogP contribution is 2.24. The molecule has 1 heterocycles. The summed E-state index contributed by atoms with van der Waals surface area (Å²) in [5.41, 5.74) is 1.20. The molecule has 0 radical (unpaired) electrons. The lowest BCUT2D eigenvalue weighted by Crippen LogP contribution is -2.52. The maximum Gasteiger partial charge on any atom is 0.323 e. The monoisotopic (exact) mass is 283 g/mol. The number of nitrogens with zero attached hydrogens (tertiary/aromatic N) is 1. The fourth-order valence-electron chi connectivity index (χ4n) is 1.88. The highest BCUT2D eigenvalue weighted by molar-refractivity contribution is 9.10. The predicted molar refractivity (Wildman–Crippen MR) is 65.0 cm³/mol. The van der Waals surface area contributed by atoms with Gasteiger partial charge in [-0.1, -0.05) is 34.1 Å². The molecule has 0 aromatic heterocycles. The zero-order valence-corrected chi connectivity index (χ0v) is 10.7. The molecule has 0 spiro atoms. The number of esters is 1. The Balaban J connectivity index is 2.01. The van der Waals surface area contributed by atoms with Crippen molar-refractivity contribution in [2.45, 2.75) is 19.0 Å². The standard InChI is InChI=1S/C12H14BrNO2/c1-16-12(15)11-6-7-14(11)8-9-4-2-3-5-10(9)13/h2-5,11H,6-8H2,1H3. The summed E-state index contributed by atoms with van der Waals surface area (Å²) in [6.07, 6.45) is 0.900. The number of carbonyl (C=O) groups is 1. The molecule has 1 aliphatic heterocycles. The molecule has 16 heavy (non-hydrogen) atoms. The van der Waals surface area contributed by atoms with Crippen molar-refractivity contribution in [2.24, 2.45) is 0 Å². The average molecular weight is 284 g/mol. The van der Waals surface area contributed by atoms with Crippen LogP contribution in [0.1, 0.15) is 12.0 Å². The second-order valence-electron chi connectivity index (χ2n) is 3.89. The van der Waals surface area contributed by atoms with Crippen molar-refractivity contribution in [3.8, 4) is 0 Å². The third-order valence-electron chi connectivity index (χ3n) is 2.94. The molecule has 2 rings (SSSR count). The fraction of sp³-hybridized carbons (Fsp3) is 0.417. The van der Waals surface area contributed by atoms with Crippen molar-refractivity contribution in [3.63, 3.8) is 0 Å². The molecular weight excluding hydrogens is 270 g/mol. The topological polar surface area (TPSA) is 29.5 Å². The smallest absolute Gasteiger partial charge is 0.323 e. The summed E-state index contributed by atoms with van der Waals surface area (Å²) in [5, 5.41) is 0. The lowest BCUT2D eigenvalue weighted by molar-refractivity contribution is -0.152. The maximum atomic E-state index is 11.4. The molecule has 4 heteroatoms. The van der Waals surface area contributed by atoms with Crippen LogP contribution < -0.4 is 0 Å². The van der Waals surface area contributed by atoms with E-state index in [2.05, 4.69) is 26.9 Å². The summed E-state index contributed by atoms with van der Waals surface area (Å²) in [6, 6.07) is 8.02. The van der Waals surface area contributed by atoms with Gasteiger partial charge in [0, 0.05) is 17.6 Å². The van der Waals surface area contributed by atoms with Gasteiger partial charge in [-0.05, 0) is 18.1 Å². The number of methoxy groups -OCH3 is 1. The zero-order chi connectivity index (χ0) is 11.5. The van der Waals surface area contributed by atoms with Gasteiger partial charge in [0.25, 0.3) is 0 Å². The molecule has 3 nitrogen and oxygen atoms in total. The van der Waals surface area contributed by atoms with Crippen LogP contribution in [0.4, 0.5) is 0 Å². The van der Waals surface area contributed by atoms with E-state index in [-0.39, 0.29) is 12.0 Å². The minimum Gasteiger partial charge on any atom is -0.468 e. The van der Waals surface area contributed by atoms with Crippen molar-refractivity contribution in [2.75, 3.05) is 13.7 Å². The van der Waals surface area contributed by atoms with Crippen LogP contribution in [0.15, 0.2) is 28.7 Å². The van der Waals surface area contributed by atoms with E-state index in [0.29, 0.717) is 0 Å². The Morgan fingerprint density at radius 3 is 2.88 bits per heavy atom. The van der Waals surface area contributed by atoms with Gasteiger partial charge < -0.3 is 4.74 Å². The highest BCUT2D eigenvalue weighted by atomic mass is 79.9. The third-order valence-corrected chi connectivity index (χ3v) is 3.71. The Labute approximate surface area is 104 Å². The SMILES string of the molecule is COC(=O)C1CCN1Cc1ccccc1Br. The number of halogens is 1. The largest absolute Gasteiger partial charge is 0.468 e. The first-order valence-electron chi connectivity index (χ1n) is 5.27. The van der Waals surface area contributed by atoms with Crippen molar-refractivity contribution in [1.82, 2.24) is 4.90 Å². The Kier molecular flexibility index (Phi) is 3.61. The minimum absolute atomic E-state index is 0.0582. The normalized spacial score (nSPS) is 20.2. The molecule has 0 saturated carbocycles. The molecule has 1 aromatic carbocycles. The molecule has 0 N–H and O–H groups in total. The second-order valence-corrected chi connectivity index (χ2v) is 4.74. The van der Waals surface area contributed by atoms with Crippen LogP contribution in [0, 0.1) is 0 Å². The summed E-state index contributed by atoms with van der Waals surface area (Å²) < 4.78 is 5.85. The first kappa shape index (κ1) is 11.6. The van der Waals surface area contributed by atoms with Gasteiger partial charge in [0.05, 0.1) is 7.11 Å². The fourth-order valence-corrected chi connectivity index (χ4v) is 2.29. The lowest BCUT2D eigenvalue weighted by Gasteiger charge is -2.38. The van der Waals surface area contributed by atoms with Crippen molar-refractivity contribution in [3.05, 3.63) is 34.3 Å². The first-order valence-corrected chi connectivity index (χ1v) is 6.07. The molecule has 1 saturated heterocycles. The van der Waals surface area contributed by atoms with E-state index in [9.17, 15) is 4.79 Å². The van der Waals surface area contributed by atoms with Gasteiger partial charge in [0.2, 0.25) is 0 Å². The van der Waals surface area contributed by atoms with E-state index in [1.165, 1.54) is 12.7 Å². The van der Waals surface area contributed by atoms with Gasteiger partial charge in [-0.2, -0.15) is 0 Å². The molecule has 1 aromatic rings. The third kappa shape index (κ3) is 2.28. The summed E-state index contributed by atoms with van der Waals surface area (Å²) in [4.78, 5) is 13.5. The van der Waals surface area contributed by atoms with Crippen LogP contribution in [-0.4, -0.2) is 30.6 Å². The Bertz CT molecular complexity index is 394. The zero-order valence-electron chi connectivity index (χ0n) is 9.15. The average Bonchev–Trinajstić information content (AvgIpc) is 2.26. The van der Waals surface area contributed by atoms with E-state index in [4.69, 9.17) is 4.74 Å². The van der Waals surface area contributed by atoms with Crippen LogP contribution in [0.5, 0.6) is 0 Å². The first-order chi connectivity index (χ1) is 7.72. The summed E-state index contributed by atoms with van der Waals surface area (Å²) in [6.45, 7) is 1.75. The van der Waals surface area contributed by atoms with Crippen molar-refractivity contribution >= 4 is 21.9 Å². The number of likely N-dealkylation sites (tertiary alicyclic amines) is 1. The van der Waals surface area contributed by atoms with Gasteiger partial charge in [0.1, 0.15) is 6.04 Å². The summed E-state index contributed by atoms with van der Waals surface area (Å²) >= 11 is 3.51. The van der Waals surface area contributed by atoms with Crippen LogP contribution in [0.2, 0.25) is 0 Å². The number of ether oxygens (including phenoxy) is 1. The molecule has 1 aliphatic rings. The number of rotatable bonds is 3.